The van der Waals surface area contributed by atoms with Crippen LogP contribution in [0.5, 0.6) is 0 Å². The molecule has 0 bridgehead atoms. The van der Waals surface area contributed by atoms with E-state index in [-0.39, 0.29) is 24.0 Å². The van der Waals surface area contributed by atoms with Gasteiger partial charge in [0.2, 0.25) is 0 Å². The van der Waals surface area contributed by atoms with E-state index in [1.54, 1.807) is 7.05 Å². The van der Waals surface area contributed by atoms with E-state index in [9.17, 15) is 0 Å². The molecule has 1 aliphatic heterocycles. The van der Waals surface area contributed by atoms with Crippen LogP contribution in [-0.2, 0) is 28.9 Å². The lowest BCUT2D eigenvalue weighted by molar-refractivity contribution is -0.0320. The fourth-order valence-corrected chi connectivity index (χ4v) is 2.90. The number of rotatable bonds is 9. The van der Waals surface area contributed by atoms with Crippen LogP contribution in [-0.4, -0.2) is 50.6 Å². The molecule has 1 aromatic rings. The van der Waals surface area contributed by atoms with Gasteiger partial charge in [-0.15, -0.1) is 24.0 Å². The number of hydrogen-bond acceptors (Lipinski definition) is 5. The van der Waals surface area contributed by atoms with Gasteiger partial charge in [-0.3, -0.25) is 4.99 Å². The fraction of sp³-hybridized carbons (Fsp3) is 0.778. The molecular formula is C18H33IN4O3. The summed E-state index contributed by atoms with van der Waals surface area (Å²) in [5, 5.41) is 10.8. The molecule has 0 saturated carbocycles. The van der Waals surface area contributed by atoms with Crippen LogP contribution in [0, 0.1) is 0 Å². The minimum atomic E-state index is 0. The van der Waals surface area contributed by atoms with E-state index in [0.29, 0.717) is 12.6 Å². The fourth-order valence-electron chi connectivity index (χ4n) is 2.90. The SMILES string of the molecule is CCc1noc(CC)c1CNC(=NC)NCCCOC1CCOCC1.I. The van der Waals surface area contributed by atoms with Crippen molar-refractivity contribution < 1.29 is 14.0 Å². The molecular weight excluding hydrogens is 447 g/mol. The second-order valence-electron chi connectivity index (χ2n) is 6.13. The Balaban J connectivity index is 0.00000338. The number of ether oxygens (including phenoxy) is 2. The Morgan fingerprint density at radius 2 is 2.00 bits per heavy atom. The van der Waals surface area contributed by atoms with Crippen LogP contribution in [0.3, 0.4) is 0 Å². The van der Waals surface area contributed by atoms with Crippen LogP contribution >= 0.6 is 24.0 Å². The molecule has 2 heterocycles. The Morgan fingerprint density at radius 3 is 2.65 bits per heavy atom. The number of halogens is 1. The summed E-state index contributed by atoms with van der Waals surface area (Å²) in [5.74, 6) is 1.74. The van der Waals surface area contributed by atoms with Crippen LogP contribution in [0.25, 0.3) is 0 Å². The van der Waals surface area contributed by atoms with E-state index < -0.39 is 0 Å². The Labute approximate surface area is 173 Å². The van der Waals surface area contributed by atoms with Crippen LogP contribution in [0.15, 0.2) is 9.52 Å². The van der Waals surface area contributed by atoms with Gasteiger partial charge in [0.05, 0.1) is 11.8 Å². The number of aliphatic imine (C=N–C) groups is 1. The summed E-state index contributed by atoms with van der Waals surface area (Å²) in [6, 6.07) is 0. The molecule has 1 fully saturated rings. The molecule has 150 valence electrons. The van der Waals surface area contributed by atoms with Gasteiger partial charge in [0, 0.05) is 51.9 Å². The summed E-state index contributed by atoms with van der Waals surface area (Å²) in [6.45, 7) is 8.08. The molecule has 2 rings (SSSR count). The quantitative estimate of drug-likeness (QED) is 0.245. The van der Waals surface area contributed by atoms with Gasteiger partial charge in [-0.1, -0.05) is 19.0 Å². The standard InChI is InChI=1S/C18H32N4O3.HI/c1-4-16-15(17(5-2)25-22-16)13-21-18(19-3)20-9-6-10-24-14-7-11-23-12-8-14;/h14H,4-13H2,1-3H3,(H2,19,20,21);1H. The third-order valence-electron chi connectivity index (χ3n) is 4.40. The number of aryl methyl sites for hydroxylation is 2. The van der Waals surface area contributed by atoms with Gasteiger partial charge in [0.15, 0.2) is 5.96 Å². The zero-order valence-electron chi connectivity index (χ0n) is 16.2. The van der Waals surface area contributed by atoms with Gasteiger partial charge in [-0.05, 0) is 25.7 Å². The van der Waals surface area contributed by atoms with Crippen molar-refractivity contribution >= 4 is 29.9 Å². The second-order valence-corrected chi connectivity index (χ2v) is 6.13. The summed E-state index contributed by atoms with van der Waals surface area (Å²) in [4.78, 5) is 4.27. The van der Waals surface area contributed by atoms with Gasteiger partial charge in [0.1, 0.15) is 5.76 Å². The molecule has 0 amide bonds. The maximum Gasteiger partial charge on any atom is 0.191 e. The lowest BCUT2D eigenvalue weighted by Crippen LogP contribution is -2.38. The van der Waals surface area contributed by atoms with Crippen molar-refractivity contribution in [1.29, 1.82) is 0 Å². The summed E-state index contributed by atoms with van der Waals surface area (Å²) in [6.07, 6.45) is 5.05. The Bertz CT molecular complexity index is 509. The molecule has 26 heavy (non-hydrogen) atoms. The molecule has 0 radical (unpaired) electrons. The number of guanidine groups is 1. The highest BCUT2D eigenvalue weighted by Crippen LogP contribution is 2.15. The van der Waals surface area contributed by atoms with Crippen LogP contribution in [0.1, 0.15) is 50.1 Å². The number of hydrogen-bond donors (Lipinski definition) is 2. The van der Waals surface area contributed by atoms with E-state index >= 15 is 0 Å². The van der Waals surface area contributed by atoms with Gasteiger partial charge < -0.3 is 24.6 Å². The maximum absolute atomic E-state index is 5.88. The third kappa shape index (κ3) is 7.40. The minimum Gasteiger partial charge on any atom is -0.381 e. The lowest BCUT2D eigenvalue weighted by atomic mass is 10.1. The average molecular weight is 480 g/mol. The lowest BCUT2D eigenvalue weighted by Gasteiger charge is -2.22. The molecule has 0 aromatic carbocycles. The molecule has 1 aliphatic rings. The zero-order chi connectivity index (χ0) is 17.9. The predicted octanol–water partition coefficient (Wildman–Crippen LogP) is 2.67. The first-order chi connectivity index (χ1) is 12.3. The van der Waals surface area contributed by atoms with Crippen molar-refractivity contribution in [1.82, 2.24) is 15.8 Å². The summed E-state index contributed by atoms with van der Waals surface area (Å²) in [7, 11) is 1.78. The molecule has 7 nitrogen and oxygen atoms in total. The van der Waals surface area contributed by atoms with Gasteiger partial charge >= 0.3 is 0 Å². The highest BCUT2D eigenvalue weighted by molar-refractivity contribution is 14.0. The normalized spacial score (nSPS) is 15.6. The van der Waals surface area contributed by atoms with Crippen molar-refractivity contribution in [3.05, 3.63) is 17.0 Å². The third-order valence-corrected chi connectivity index (χ3v) is 4.40. The average Bonchev–Trinajstić information content (AvgIpc) is 3.06. The number of nitrogens with one attached hydrogen (secondary N) is 2. The maximum atomic E-state index is 5.88. The first kappa shape index (κ1) is 23.2. The first-order valence-electron chi connectivity index (χ1n) is 9.38. The van der Waals surface area contributed by atoms with Gasteiger partial charge in [-0.25, -0.2) is 0 Å². The molecule has 0 unspecified atom stereocenters. The van der Waals surface area contributed by atoms with E-state index in [1.807, 2.05) is 0 Å². The van der Waals surface area contributed by atoms with Crippen molar-refractivity contribution in [2.24, 2.45) is 4.99 Å². The minimum absolute atomic E-state index is 0. The first-order valence-corrected chi connectivity index (χ1v) is 9.38. The van der Waals surface area contributed by atoms with Crippen LogP contribution < -0.4 is 10.6 Å². The zero-order valence-corrected chi connectivity index (χ0v) is 18.5. The van der Waals surface area contributed by atoms with Gasteiger partial charge in [-0.2, -0.15) is 0 Å². The second kappa shape index (κ2) is 13.3. The van der Waals surface area contributed by atoms with Crippen molar-refractivity contribution in [3.63, 3.8) is 0 Å². The van der Waals surface area contributed by atoms with Gasteiger partial charge in [0.25, 0.3) is 0 Å². The molecule has 1 aromatic heterocycles. The smallest absolute Gasteiger partial charge is 0.191 e. The van der Waals surface area contributed by atoms with E-state index in [1.165, 1.54) is 0 Å². The van der Waals surface area contributed by atoms with Crippen molar-refractivity contribution in [3.8, 4) is 0 Å². The molecule has 0 atom stereocenters. The highest BCUT2D eigenvalue weighted by atomic mass is 127. The summed E-state index contributed by atoms with van der Waals surface area (Å²) < 4.78 is 16.6. The van der Waals surface area contributed by atoms with E-state index in [0.717, 1.165) is 81.4 Å². The Hall–Kier alpha value is -0.870. The molecule has 8 heteroatoms. The number of aromatic nitrogens is 1. The van der Waals surface area contributed by atoms with E-state index in [2.05, 4.69) is 34.6 Å². The highest BCUT2D eigenvalue weighted by Gasteiger charge is 2.14. The van der Waals surface area contributed by atoms with Crippen molar-refractivity contribution in [2.75, 3.05) is 33.4 Å². The van der Waals surface area contributed by atoms with Crippen LogP contribution in [0.2, 0.25) is 0 Å². The Morgan fingerprint density at radius 1 is 1.23 bits per heavy atom. The monoisotopic (exact) mass is 480 g/mol. The van der Waals surface area contributed by atoms with Crippen molar-refractivity contribution in [2.45, 2.75) is 58.6 Å². The molecule has 0 spiro atoms. The summed E-state index contributed by atoms with van der Waals surface area (Å²) >= 11 is 0. The molecule has 1 saturated heterocycles. The van der Waals surface area contributed by atoms with Crippen LogP contribution in [0.4, 0.5) is 0 Å². The topological polar surface area (TPSA) is 80.9 Å². The predicted molar refractivity (Wildman–Crippen MR) is 113 cm³/mol. The largest absolute Gasteiger partial charge is 0.381 e. The number of nitrogens with zero attached hydrogens (tertiary/aromatic N) is 2. The Kier molecular flexibility index (Phi) is 11.9. The molecule has 2 N–H and O–H groups in total. The molecule has 0 aliphatic carbocycles. The summed E-state index contributed by atoms with van der Waals surface area (Å²) in [5.41, 5.74) is 2.17. The van der Waals surface area contributed by atoms with E-state index in [4.69, 9.17) is 14.0 Å².